The number of aliphatic hydroxyl groups is 2. The van der Waals surface area contributed by atoms with Gasteiger partial charge in [-0.1, -0.05) is 36.4 Å². The Morgan fingerprint density at radius 2 is 1.36 bits per heavy atom. The van der Waals surface area contributed by atoms with Crippen molar-refractivity contribution < 1.29 is 53.1 Å². The molecule has 1 spiro atoms. The summed E-state index contributed by atoms with van der Waals surface area (Å²) >= 11 is 0. The Balaban J connectivity index is 1.79. The Morgan fingerprint density at radius 3 is 1.89 bits per heavy atom. The molecule has 0 radical (unpaired) electrons. The Bertz CT molecular complexity index is 1420. The Kier molecular flexibility index (Phi) is 8.11. The van der Waals surface area contributed by atoms with Crippen LogP contribution in [-0.2, 0) is 33.3 Å². The molecule has 0 unspecified atom stereocenters. The molecule has 2 saturated carbocycles. The minimum Gasteiger partial charge on any atom is -0.465 e. The van der Waals surface area contributed by atoms with Gasteiger partial charge in [-0.15, -0.1) is 0 Å². The van der Waals surface area contributed by atoms with Crippen molar-refractivity contribution in [2.45, 2.75) is 88.7 Å². The number of benzene rings is 2. The maximum Gasteiger partial charge on any atom is 0.338 e. The van der Waals surface area contributed by atoms with E-state index in [9.17, 15) is 29.4 Å². The van der Waals surface area contributed by atoms with Gasteiger partial charge in [0.15, 0.2) is 6.10 Å². The highest BCUT2D eigenvalue weighted by Crippen LogP contribution is 2.69. The number of ether oxygens (including phenoxy) is 5. The fourth-order valence-electron chi connectivity index (χ4n) is 7.67. The molecule has 3 fully saturated rings. The standard InChI is InChI=1S/C33H38O11/c1-19(34)40-18-32-23(36)16-17-31(5,39)33(32)26(41-20(2)35)24(30(3,4)44-33)25(42-28(37)21-12-8-6-9-13-21)27(32)43-29(38)22-14-10-7-11-15-22/h6-15,23-27,36,39H,16-18H2,1-5H3/t23-,24+,25+,26+,27+,31-,32-,33-/m0/s1. The Hall–Kier alpha value is -3.80. The predicted molar refractivity (Wildman–Crippen MR) is 153 cm³/mol. The lowest BCUT2D eigenvalue weighted by atomic mass is 9.46. The highest BCUT2D eigenvalue weighted by atomic mass is 16.6. The lowest BCUT2D eigenvalue weighted by Crippen LogP contribution is -2.83. The molecule has 3 aliphatic rings. The van der Waals surface area contributed by atoms with E-state index in [-0.39, 0.29) is 24.0 Å². The summed E-state index contributed by atoms with van der Waals surface area (Å²) in [6, 6.07) is 16.2. The summed E-state index contributed by atoms with van der Waals surface area (Å²) in [5.41, 5.74) is -6.70. The van der Waals surface area contributed by atoms with Gasteiger partial charge in [0.25, 0.3) is 0 Å². The highest BCUT2D eigenvalue weighted by Gasteiger charge is 2.86. The summed E-state index contributed by atoms with van der Waals surface area (Å²) in [5, 5.41) is 24.2. The number of fused-ring (bicyclic) bond motifs is 1. The maximum absolute atomic E-state index is 13.7. The van der Waals surface area contributed by atoms with Crippen molar-refractivity contribution in [2.24, 2.45) is 11.3 Å². The summed E-state index contributed by atoms with van der Waals surface area (Å²) in [4.78, 5) is 52.4. The molecule has 44 heavy (non-hydrogen) atoms. The molecule has 2 N–H and O–H groups in total. The van der Waals surface area contributed by atoms with Gasteiger partial charge in [0, 0.05) is 13.8 Å². The Morgan fingerprint density at radius 1 is 0.818 bits per heavy atom. The summed E-state index contributed by atoms with van der Waals surface area (Å²) < 4.78 is 30.7. The molecule has 1 saturated heterocycles. The Labute approximate surface area is 255 Å². The van der Waals surface area contributed by atoms with Crippen LogP contribution in [0.3, 0.4) is 0 Å². The number of esters is 4. The van der Waals surface area contributed by atoms with E-state index < -0.39 is 83.0 Å². The van der Waals surface area contributed by atoms with Crippen molar-refractivity contribution in [1.29, 1.82) is 0 Å². The molecule has 1 aliphatic heterocycles. The zero-order valence-electron chi connectivity index (χ0n) is 25.4. The van der Waals surface area contributed by atoms with Gasteiger partial charge in [-0.05, 0) is 57.9 Å². The van der Waals surface area contributed by atoms with Gasteiger partial charge < -0.3 is 33.9 Å². The van der Waals surface area contributed by atoms with E-state index in [0.29, 0.717) is 0 Å². The lowest BCUT2D eigenvalue weighted by Gasteiger charge is -2.65. The largest absolute Gasteiger partial charge is 0.465 e. The van der Waals surface area contributed by atoms with Gasteiger partial charge in [-0.3, -0.25) is 9.59 Å². The topological polar surface area (TPSA) is 155 Å². The van der Waals surface area contributed by atoms with Crippen molar-refractivity contribution in [3.05, 3.63) is 71.8 Å². The molecule has 2 bridgehead atoms. The minimum absolute atomic E-state index is 0.00434. The van der Waals surface area contributed by atoms with Crippen LogP contribution in [0.1, 0.15) is 68.2 Å². The molecule has 2 aromatic carbocycles. The van der Waals surface area contributed by atoms with E-state index in [1.807, 2.05) is 0 Å². The molecule has 1 heterocycles. The van der Waals surface area contributed by atoms with Gasteiger partial charge in [-0.2, -0.15) is 0 Å². The molecular weight excluding hydrogens is 572 g/mol. The van der Waals surface area contributed by atoms with Crippen LogP contribution in [0.5, 0.6) is 0 Å². The van der Waals surface area contributed by atoms with Gasteiger partial charge in [0.1, 0.15) is 29.8 Å². The molecule has 5 rings (SSSR count). The molecule has 2 aromatic rings. The first-order valence-corrected chi connectivity index (χ1v) is 14.6. The summed E-state index contributed by atoms with van der Waals surface area (Å²) in [6.45, 7) is 6.60. The van der Waals surface area contributed by atoms with Crippen molar-refractivity contribution >= 4 is 23.9 Å². The summed E-state index contributed by atoms with van der Waals surface area (Å²) in [6.07, 6.45) is -5.73. The minimum atomic E-state index is -1.98. The summed E-state index contributed by atoms with van der Waals surface area (Å²) in [5.74, 6) is -4.02. The molecule has 11 nitrogen and oxygen atoms in total. The second kappa shape index (κ2) is 11.3. The average Bonchev–Trinajstić information content (AvgIpc) is 3.17. The smallest absolute Gasteiger partial charge is 0.338 e. The zero-order chi connectivity index (χ0) is 32.1. The van der Waals surface area contributed by atoms with E-state index in [2.05, 4.69) is 0 Å². The first-order chi connectivity index (χ1) is 20.7. The van der Waals surface area contributed by atoms with Crippen LogP contribution in [0.4, 0.5) is 0 Å². The van der Waals surface area contributed by atoms with Crippen molar-refractivity contribution in [3.8, 4) is 0 Å². The fraction of sp³-hybridized carbons (Fsp3) is 0.515. The number of rotatable bonds is 7. The van der Waals surface area contributed by atoms with Crippen LogP contribution < -0.4 is 0 Å². The molecule has 0 aromatic heterocycles. The van der Waals surface area contributed by atoms with E-state index in [1.54, 1.807) is 62.4 Å². The second-order valence-electron chi connectivity index (χ2n) is 12.6. The SMILES string of the molecule is CC(=O)OC[C@]12[C@H](OC(=O)c3ccccc3)[C@H](OC(=O)c3ccccc3)[C@@H]3[C@@H](OC(C)=O)[C@]1(OC3(C)C)[C@@](C)(O)CC[C@@H]2O. The molecule has 0 amide bonds. The van der Waals surface area contributed by atoms with Gasteiger partial charge in [0.2, 0.25) is 0 Å². The van der Waals surface area contributed by atoms with Crippen molar-refractivity contribution in [2.75, 3.05) is 6.61 Å². The summed E-state index contributed by atoms with van der Waals surface area (Å²) in [7, 11) is 0. The molecule has 2 aliphatic carbocycles. The van der Waals surface area contributed by atoms with E-state index in [0.717, 1.165) is 0 Å². The van der Waals surface area contributed by atoms with E-state index >= 15 is 0 Å². The predicted octanol–water partition coefficient (Wildman–Crippen LogP) is 3.00. The second-order valence-corrected chi connectivity index (χ2v) is 12.6. The number of aliphatic hydroxyl groups excluding tert-OH is 1. The highest BCUT2D eigenvalue weighted by molar-refractivity contribution is 5.90. The van der Waals surface area contributed by atoms with Gasteiger partial charge >= 0.3 is 23.9 Å². The molecule has 8 atom stereocenters. The van der Waals surface area contributed by atoms with Crippen LogP contribution in [0.2, 0.25) is 0 Å². The maximum atomic E-state index is 13.7. The fourth-order valence-corrected chi connectivity index (χ4v) is 7.67. The van der Waals surface area contributed by atoms with Crippen LogP contribution in [0.25, 0.3) is 0 Å². The first-order valence-electron chi connectivity index (χ1n) is 14.6. The third-order valence-electron chi connectivity index (χ3n) is 9.41. The van der Waals surface area contributed by atoms with E-state index in [4.69, 9.17) is 23.7 Å². The monoisotopic (exact) mass is 610 g/mol. The number of carbonyl (C=O) groups is 4. The van der Waals surface area contributed by atoms with Gasteiger partial charge in [-0.25, -0.2) is 9.59 Å². The zero-order valence-corrected chi connectivity index (χ0v) is 25.4. The van der Waals surface area contributed by atoms with Gasteiger partial charge in [0.05, 0.1) is 34.4 Å². The van der Waals surface area contributed by atoms with Crippen molar-refractivity contribution in [3.63, 3.8) is 0 Å². The third-order valence-corrected chi connectivity index (χ3v) is 9.41. The molecule has 11 heteroatoms. The first kappa shape index (κ1) is 31.6. The number of hydrogen-bond donors (Lipinski definition) is 2. The van der Waals surface area contributed by atoms with E-state index in [1.165, 1.54) is 32.9 Å². The van der Waals surface area contributed by atoms with Crippen molar-refractivity contribution in [1.82, 2.24) is 0 Å². The number of carbonyl (C=O) groups excluding carboxylic acids is 4. The van der Waals surface area contributed by atoms with Crippen LogP contribution in [0, 0.1) is 11.3 Å². The molecular formula is C33H38O11. The normalized spacial score (nSPS) is 35.1. The van der Waals surface area contributed by atoms with Crippen LogP contribution in [-0.4, -0.2) is 81.9 Å². The van der Waals surface area contributed by atoms with Crippen LogP contribution in [0.15, 0.2) is 60.7 Å². The number of hydrogen-bond acceptors (Lipinski definition) is 11. The lowest BCUT2D eigenvalue weighted by molar-refractivity contribution is -0.347. The quantitative estimate of drug-likeness (QED) is 0.351. The molecule has 236 valence electrons. The average molecular weight is 611 g/mol. The third kappa shape index (κ3) is 4.87. The van der Waals surface area contributed by atoms with Crippen LogP contribution >= 0.6 is 0 Å².